The molecule has 1 N–H and O–H groups in total. The molecule has 1 aromatic heterocycles. The van der Waals surface area contributed by atoms with E-state index in [-0.39, 0.29) is 30.8 Å². The molecule has 2 atom stereocenters. The van der Waals surface area contributed by atoms with Gasteiger partial charge in [0.1, 0.15) is 0 Å². The van der Waals surface area contributed by atoms with Gasteiger partial charge in [-0.25, -0.2) is 18.6 Å². The van der Waals surface area contributed by atoms with Gasteiger partial charge in [0.15, 0.2) is 0 Å². The van der Waals surface area contributed by atoms with Gasteiger partial charge in [-0.1, -0.05) is 6.92 Å². The Morgan fingerprint density at radius 1 is 1.33 bits per heavy atom. The van der Waals surface area contributed by atoms with E-state index < -0.39 is 5.92 Å². The summed E-state index contributed by atoms with van der Waals surface area (Å²) in [5.74, 6) is -1.85. The standard InChI is InChI=1S/C17H26F2N4O/c1-13-4-8-22(11-15(13)23-9-7-20-12-23)16(24)21-10-14-2-5-17(18,19)6-3-14/h7,9,12-15H,2-6,8,10-11H2,1H3,(H,21,24)/t13-,15+/m1/s1. The van der Waals surface area contributed by atoms with Crippen LogP contribution in [0.4, 0.5) is 13.6 Å². The zero-order valence-electron chi connectivity index (χ0n) is 14.1. The van der Waals surface area contributed by atoms with Gasteiger partial charge in [-0.3, -0.25) is 0 Å². The smallest absolute Gasteiger partial charge is 0.317 e. The summed E-state index contributed by atoms with van der Waals surface area (Å²) in [6, 6.07) is 0.157. The second-order valence-corrected chi connectivity index (χ2v) is 7.27. The fourth-order valence-electron chi connectivity index (χ4n) is 3.73. The van der Waals surface area contributed by atoms with Gasteiger partial charge in [0.25, 0.3) is 0 Å². The number of carbonyl (C=O) groups excluding carboxylic acids is 1. The third kappa shape index (κ3) is 4.05. The lowest BCUT2D eigenvalue weighted by atomic mass is 9.87. The van der Waals surface area contributed by atoms with E-state index in [1.54, 1.807) is 12.5 Å². The molecule has 7 heteroatoms. The van der Waals surface area contributed by atoms with Gasteiger partial charge in [-0.05, 0) is 31.1 Å². The normalized spacial score (nSPS) is 27.9. The lowest BCUT2D eigenvalue weighted by molar-refractivity contribution is -0.0452. The van der Waals surface area contributed by atoms with Crippen LogP contribution in [0.25, 0.3) is 0 Å². The van der Waals surface area contributed by atoms with Crippen molar-refractivity contribution in [3.63, 3.8) is 0 Å². The van der Waals surface area contributed by atoms with Crippen LogP contribution in [-0.4, -0.2) is 46.0 Å². The van der Waals surface area contributed by atoms with Gasteiger partial charge >= 0.3 is 6.03 Å². The number of halogens is 2. The first kappa shape index (κ1) is 17.2. The van der Waals surface area contributed by atoms with E-state index in [9.17, 15) is 13.6 Å². The zero-order chi connectivity index (χ0) is 17.2. The van der Waals surface area contributed by atoms with Crippen molar-refractivity contribution in [1.82, 2.24) is 19.8 Å². The molecule has 2 aliphatic rings. The summed E-state index contributed by atoms with van der Waals surface area (Å²) in [5.41, 5.74) is 0. The molecule has 3 rings (SSSR count). The van der Waals surface area contributed by atoms with Crippen LogP contribution in [-0.2, 0) is 0 Å². The summed E-state index contributed by atoms with van der Waals surface area (Å²) in [6.45, 7) is 4.09. The second kappa shape index (κ2) is 7.07. The third-order valence-electron chi connectivity index (χ3n) is 5.49. The molecule has 1 aliphatic heterocycles. The van der Waals surface area contributed by atoms with E-state index in [1.165, 1.54) is 0 Å². The van der Waals surface area contributed by atoms with E-state index in [1.807, 2.05) is 11.1 Å². The summed E-state index contributed by atoms with van der Waals surface area (Å²) in [6.07, 6.45) is 7.30. The highest BCUT2D eigenvalue weighted by atomic mass is 19.3. The quantitative estimate of drug-likeness (QED) is 0.918. The molecule has 0 unspecified atom stereocenters. The third-order valence-corrected chi connectivity index (χ3v) is 5.49. The highest BCUT2D eigenvalue weighted by molar-refractivity contribution is 5.74. The van der Waals surface area contributed by atoms with E-state index in [0.29, 0.717) is 31.8 Å². The van der Waals surface area contributed by atoms with Crippen molar-refractivity contribution >= 4 is 6.03 Å². The van der Waals surface area contributed by atoms with Gasteiger partial charge in [-0.2, -0.15) is 0 Å². The summed E-state index contributed by atoms with van der Waals surface area (Å²) in [4.78, 5) is 18.4. The van der Waals surface area contributed by atoms with E-state index in [2.05, 4.69) is 21.8 Å². The largest absolute Gasteiger partial charge is 0.338 e. The molecule has 1 saturated heterocycles. The van der Waals surface area contributed by atoms with Crippen LogP contribution in [0.2, 0.25) is 0 Å². The Bertz CT molecular complexity index is 539. The number of carbonyl (C=O) groups is 1. The highest BCUT2D eigenvalue weighted by Crippen LogP contribution is 2.35. The number of hydrogen-bond donors (Lipinski definition) is 1. The van der Waals surface area contributed by atoms with Crippen molar-refractivity contribution in [2.75, 3.05) is 19.6 Å². The predicted octanol–water partition coefficient (Wildman–Crippen LogP) is 3.30. The lowest BCUT2D eigenvalue weighted by Crippen LogP contribution is -2.49. The van der Waals surface area contributed by atoms with Gasteiger partial charge < -0.3 is 14.8 Å². The molecule has 2 fully saturated rings. The van der Waals surface area contributed by atoms with E-state index in [0.717, 1.165) is 13.0 Å². The predicted molar refractivity (Wildman–Crippen MR) is 86.9 cm³/mol. The number of imidazole rings is 1. The molecule has 0 aromatic carbocycles. The lowest BCUT2D eigenvalue weighted by Gasteiger charge is -2.38. The molecule has 0 radical (unpaired) electrons. The minimum atomic E-state index is -2.51. The molecular weight excluding hydrogens is 314 g/mol. The second-order valence-electron chi connectivity index (χ2n) is 7.27. The molecule has 1 saturated carbocycles. The Kier molecular flexibility index (Phi) is 5.06. The Morgan fingerprint density at radius 3 is 2.75 bits per heavy atom. The summed E-state index contributed by atoms with van der Waals surface area (Å²) in [5, 5.41) is 2.95. The number of aromatic nitrogens is 2. The van der Waals surface area contributed by atoms with Gasteiger partial charge in [0, 0.05) is 44.9 Å². The summed E-state index contributed by atoms with van der Waals surface area (Å²) >= 11 is 0. The van der Waals surface area contributed by atoms with Crippen molar-refractivity contribution in [3.05, 3.63) is 18.7 Å². The van der Waals surface area contributed by atoms with Crippen molar-refractivity contribution < 1.29 is 13.6 Å². The number of nitrogens with zero attached hydrogens (tertiary/aromatic N) is 3. The minimum Gasteiger partial charge on any atom is -0.338 e. The van der Waals surface area contributed by atoms with Gasteiger partial charge in [0.2, 0.25) is 5.92 Å². The number of urea groups is 1. The average molecular weight is 340 g/mol. The van der Waals surface area contributed by atoms with Crippen molar-refractivity contribution in [2.24, 2.45) is 11.8 Å². The van der Waals surface area contributed by atoms with E-state index in [4.69, 9.17) is 0 Å². The van der Waals surface area contributed by atoms with Crippen LogP contribution in [0, 0.1) is 11.8 Å². The van der Waals surface area contributed by atoms with Crippen molar-refractivity contribution in [2.45, 2.75) is 51.0 Å². The van der Waals surface area contributed by atoms with Gasteiger partial charge in [0.05, 0.1) is 12.4 Å². The molecule has 2 heterocycles. The average Bonchev–Trinajstić information content (AvgIpc) is 3.08. The number of hydrogen-bond acceptors (Lipinski definition) is 2. The first-order valence-corrected chi connectivity index (χ1v) is 8.83. The maximum absolute atomic E-state index is 13.2. The number of nitrogens with one attached hydrogen (secondary N) is 1. The molecule has 5 nitrogen and oxygen atoms in total. The zero-order valence-corrected chi connectivity index (χ0v) is 14.1. The van der Waals surface area contributed by atoms with Crippen LogP contribution >= 0.6 is 0 Å². The number of alkyl halides is 2. The van der Waals surface area contributed by atoms with Crippen LogP contribution in [0.1, 0.15) is 45.1 Å². The number of piperidine rings is 1. The molecule has 24 heavy (non-hydrogen) atoms. The van der Waals surface area contributed by atoms with Crippen LogP contribution in [0.3, 0.4) is 0 Å². The SMILES string of the molecule is C[C@@H]1CCN(C(=O)NCC2CCC(F)(F)CC2)C[C@@H]1n1ccnc1. The summed E-state index contributed by atoms with van der Waals surface area (Å²) in [7, 11) is 0. The van der Waals surface area contributed by atoms with Crippen molar-refractivity contribution in [3.8, 4) is 0 Å². The highest BCUT2D eigenvalue weighted by Gasteiger charge is 2.35. The molecule has 1 aromatic rings. The topological polar surface area (TPSA) is 50.2 Å². The Morgan fingerprint density at radius 2 is 2.08 bits per heavy atom. The van der Waals surface area contributed by atoms with Crippen LogP contribution < -0.4 is 5.32 Å². The Hall–Kier alpha value is -1.66. The molecular formula is C17H26F2N4O. The molecule has 1 aliphatic carbocycles. The molecule has 0 bridgehead atoms. The van der Waals surface area contributed by atoms with Crippen molar-refractivity contribution in [1.29, 1.82) is 0 Å². The first-order valence-electron chi connectivity index (χ1n) is 8.83. The molecule has 2 amide bonds. The monoisotopic (exact) mass is 340 g/mol. The Labute approximate surface area is 141 Å². The van der Waals surface area contributed by atoms with Crippen LogP contribution in [0.5, 0.6) is 0 Å². The maximum atomic E-state index is 13.2. The van der Waals surface area contributed by atoms with E-state index >= 15 is 0 Å². The molecule has 134 valence electrons. The summed E-state index contributed by atoms with van der Waals surface area (Å²) < 4.78 is 28.4. The Balaban J connectivity index is 1.48. The molecule has 0 spiro atoms. The maximum Gasteiger partial charge on any atom is 0.317 e. The fraction of sp³-hybridized carbons (Fsp3) is 0.765. The first-order chi connectivity index (χ1) is 11.4. The minimum absolute atomic E-state index is 0.0581. The number of likely N-dealkylation sites (tertiary alicyclic amines) is 1. The number of amides is 2. The van der Waals surface area contributed by atoms with Gasteiger partial charge in [-0.15, -0.1) is 0 Å². The van der Waals surface area contributed by atoms with Crippen LogP contribution in [0.15, 0.2) is 18.7 Å². The fourth-order valence-corrected chi connectivity index (χ4v) is 3.73. The number of rotatable bonds is 3.